The van der Waals surface area contributed by atoms with Gasteiger partial charge in [0, 0.05) is 26.6 Å². The Hall–Kier alpha value is -1.10. The van der Waals surface area contributed by atoms with E-state index >= 15 is 0 Å². The van der Waals surface area contributed by atoms with Crippen LogP contribution in [0.15, 0.2) is 0 Å². The molecule has 1 aliphatic rings. The second-order valence-corrected chi connectivity index (χ2v) is 4.84. The van der Waals surface area contributed by atoms with Crippen LogP contribution in [0.1, 0.15) is 33.1 Å². The summed E-state index contributed by atoms with van der Waals surface area (Å²) < 4.78 is 0. The second-order valence-electron chi connectivity index (χ2n) is 4.84. The van der Waals surface area contributed by atoms with Gasteiger partial charge < -0.3 is 16.0 Å². The third-order valence-electron chi connectivity index (χ3n) is 3.90. The Morgan fingerprint density at radius 3 is 2.47 bits per heavy atom. The number of likely N-dealkylation sites (tertiary alicyclic amines) is 1. The van der Waals surface area contributed by atoms with Crippen LogP contribution in [0.5, 0.6) is 0 Å². The van der Waals surface area contributed by atoms with Crippen LogP contribution < -0.4 is 11.1 Å². The van der Waals surface area contributed by atoms with Gasteiger partial charge in [0.1, 0.15) is 0 Å². The van der Waals surface area contributed by atoms with E-state index in [-0.39, 0.29) is 17.9 Å². The van der Waals surface area contributed by atoms with Crippen LogP contribution in [0.3, 0.4) is 0 Å². The summed E-state index contributed by atoms with van der Waals surface area (Å²) >= 11 is 0. The number of nitrogens with one attached hydrogen (secondary N) is 1. The average molecular weight is 241 g/mol. The standard InChI is InChI=1S/C12H23N3O2/c1-4-12(5-2,8-13)11(17)14-9-6-10(16)15(3)7-9/h9H,4-8,13H2,1-3H3,(H,14,17). The van der Waals surface area contributed by atoms with E-state index in [2.05, 4.69) is 5.32 Å². The van der Waals surface area contributed by atoms with Crippen LogP contribution in [0.2, 0.25) is 0 Å². The van der Waals surface area contributed by atoms with Gasteiger partial charge in [-0.2, -0.15) is 0 Å². The molecule has 0 spiro atoms. The summed E-state index contributed by atoms with van der Waals surface area (Å²) in [5.41, 5.74) is 5.24. The summed E-state index contributed by atoms with van der Waals surface area (Å²) in [6.45, 7) is 4.89. The maximum absolute atomic E-state index is 12.2. The quantitative estimate of drug-likeness (QED) is 0.716. The van der Waals surface area contributed by atoms with Crippen molar-refractivity contribution in [2.24, 2.45) is 11.1 Å². The van der Waals surface area contributed by atoms with E-state index in [1.165, 1.54) is 0 Å². The van der Waals surface area contributed by atoms with Gasteiger partial charge in [-0.3, -0.25) is 9.59 Å². The first-order chi connectivity index (χ1) is 7.99. The van der Waals surface area contributed by atoms with Crippen molar-refractivity contribution in [2.45, 2.75) is 39.2 Å². The largest absolute Gasteiger partial charge is 0.351 e. The van der Waals surface area contributed by atoms with Gasteiger partial charge in [0.25, 0.3) is 0 Å². The number of nitrogens with zero attached hydrogens (tertiary/aromatic N) is 1. The Balaban J connectivity index is 2.62. The van der Waals surface area contributed by atoms with Gasteiger partial charge in [-0.1, -0.05) is 13.8 Å². The molecule has 98 valence electrons. The number of nitrogens with two attached hydrogens (primary N) is 1. The molecule has 1 atom stereocenters. The van der Waals surface area contributed by atoms with Gasteiger partial charge >= 0.3 is 0 Å². The Kier molecular flexibility index (Phi) is 4.51. The molecule has 5 nitrogen and oxygen atoms in total. The molecule has 0 aromatic carbocycles. The first kappa shape index (κ1) is 14.0. The Morgan fingerprint density at radius 1 is 1.53 bits per heavy atom. The highest BCUT2D eigenvalue weighted by Crippen LogP contribution is 2.25. The number of likely N-dealkylation sites (N-methyl/N-ethyl adjacent to an activating group) is 1. The van der Waals surface area contributed by atoms with Gasteiger partial charge in [-0.25, -0.2) is 0 Å². The predicted molar refractivity (Wildman–Crippen MR) is 66.3 cm³/mol. The van der Waals surface area contributed by atoms with Crippen molar-refractivity contribution in [3.8, 4) is 0 Å². The molecule has 1 unspecified atom stereocenters. The van der Waals surface area contributed by atoms with Gasteiger partial charge in [-0.15, -0.1) is 0 Å². The molecule has 1 rings (SSSR count). The van der Waals surface area contributed by atoms with Crippen molar-refractivity contribution < 1.29 is 9.59 Å². The van der Waals surface area contributed by atoms with Gasteiger partial charge in [0.2, 0.25) is 11.8 Å². The average Bonchev–Trinajstić information content (AvgIpc) is 2.61. The predicted octanol–water partition coefficient (Wildman–Crippen LogP) is 0.0984. The van der Waals surface area contributed by atoms with E-state index in [4.69, 9.17) is 5.73 Å². The summed E-state index contributed by atoms with van der Waals surface area (Å²) in [4.78, 5) is 25.2. The van der Waals surface area contributed by atoms with Crippen LogP contribution in [-0.2, 0) is 9.59 Å². The van der Waals surface area contributed by atoms with Crippen molar-refractivity contribution in [1.29, 1.82) is 0 Å². The molecule has 1 saturated heterocycles. The summed E-state index contributed by atoms with van der Waals surface area (Å²) in [5, 5.41) is 2.95. The summed E-state index contributed by atoms with van der Waals surface area (Å²) in [6, 6.07) is -0.0657. The van der Waals surface area contributed by atoms with Crippen LogP contribution in [0, 0.1) is 5.41 Å². The lowest BCUT2D eigenvalue weighted by Crippen LogP contribution is -2.49. The highest BCUT2D eigenvalue weighted by molar-refractivity contribution is 5.85. The SMILES string of the molecule is CCC(CC)(CN)C(=O)NC1CC(=O)N(C)C1. The molecule has 0 aliphatic carbocycles. The minimum absolute atomic E-state index is 0.0156. The molecular formula is C12H23N3O2. The Labute approximate surface area is 103 Å². The Bertz CT molecular complexity index is 292. The fourth-order valence-corrected chi connectivity index (χ4v) is 2.25. The third-order valence-corrected chi connectivity index (χ3v) is 3.90. The maximum Gasteiger partial charge on any atom is 0.227 e. The number of hydrogen-bond acceptors (Lipinski definition) is 3. The van der Waals surface area contributed by atoms with E-state index in [1.54, 1.807) is 11.9 Å². The second kappa shape index (κ2) is 5.49. The zero-order valence-corrected chi connectivity index (χ0v) is 11.0. The highest BCUT2D eigenvalue weighted by Gasteiger charge is 2.36. The van der Waals surface area contributed by atoms with E-state index in [0.717, 1.165) is 12.8 Å². The number of amides is 2. The molecule has 0 bridgehead atoms. The van der Waals surface area contributed by atoms with Crippen molar-refractivity contribution in [2.75, 3.05) is 20.1 Å². The maximum atomic E-state index is 12.2. The van der Waals surface area contributed by atoms with Crippen molar-refractivity contribution >= 4 is 11.8 Å². The number of rotatable bonds is 5. The normalized spacial score (nSPS) is 20.8. The van der Waals surface area contributed by atoms with Crippen LogP contribution in [0.25, 0.3) is 0 Å². The van der Waals surface area contributed by atoms with E-state index in [1.807, 2.05) is 13.8 Å². The van der Waals surface area contributed by atoms with Crippen molar-refractivity contribution in [3.63, 3.8) is 0 Å². The zero-order chi connectivity index (χ0) is 13.1. The van der Waals surface area contributed by atoms with Crippen LogP contribution in [0.4, 0.5) is 0 Å². The fourth-order valence-electron chi connectivity index (χ4n) is 2.25. The monoisotopic (exact) mass is 241 g/mol. The number of hydrogen-bond donors (Lipinski definition) is 2. The molecule has 0 saturated carbocycles. The van der Waals surface area contributed by atoms with E-state index < -0.39 is 5.41 Å². The van der Waals surface area contributed by atoms with Gasteiger partial charge in [0.15, 0.2) is 0 Å². The van der Waals surface area contributed by atoms with Gasteiger partial charge in [0.05, 0.1) is 11.5 Å². The van der Waals surface area contributed by atoms with Gasteiger partial charge in [-0.05, 0) is 12.8 Å². The highest BCUT2D eigenvalue weighted by atomic mass is 16.2. The smallest absolute Gasteiger partial charge is 0.227 e. The lowest BCUT2D eigenvalue weighted by molar-refractivity contribution is -0.131. The lowest BCUT2D eigenvalue weighted by Gasteiger charge is -2.30. The van der Waals surface area contributed by atoms with E-state index in [9.17, 15) is 9.59 Å². The molecule has 0 radical (unpaired) electrons. The van der Waals surface area contributed by atoms with Crippen molar-refractivity contribution in [3.05, 3.63) is 0 Å². The summed E-state index contributed by atoms with van der Waals surface area (Å²) in [5.74, 6) is 0.0692. The fraction of sp³-hybridized carbons (Fsp3) is 0.833. The molecule has 17 heavy (non-hydrogen) atoms. The molecule has 1 heterocycles. The lowest BCUT2D eigenvalue weighted by atomic mass is 9.81. The molecule has 0 aromatic rings. The molecule has 1 aliphatic heterocycles. The minimum atomic E-state index is -0.482. The van der Waals surface area contributed by atoms with E-state index in [0.29, 0.717) is 19.5 Å². The minimum Gasteiger partial charge on any atom is -0.351 e. The molecule has 2 amide bonds. The van der Waals surface area contributed by atoms with Crippen LogP contribution in [-0.4, -0.2) is 42.9 Å². The first-order valence-electron chi connectivity index (χ1n) is 6.24. The summed E-state index contributed by atoms with van der Waals surface area (Å²) in [7, 11) is 1.75. The van der Waals surface area contributed by atoms with Crippen molar-refractivity contribution in [1.82, 2.24) is 10.2 Å². The molecule has 3 N–H and O–H groups in total. The number of carbonyl (C=O) groups is 2. The molecule has 5 heteroatoms. The molecular weight excluding hydrogens is 218 g/mol. The Morgan fingerprint density at radius 2 is 2.12 bits per heavy atom. The number of carbonyl (C=O) groups excluding carboxylic acids is 2. The topological polar surface area (TPSA) is 75.4 Å². The zero-order valence-electron chi connectivity index (χ0n) is 11.0. The first-order valence-corrected chi connectivity index (χ1v) is 6.24. The molecule has 1 fully saturated rings. The summed E-state index contributed by atoms with van der Waals surface area (Å²) in [6.07, 6.45) is 1.85. The third kappa shape index (κ3) is 2.77. The molecule has 0 aromatic heterocycles. The van der Waals surface area contributed by atoms with Crippen LogP contribution >= 0.6 is 0 Å².